The number of nitrogens with zero attached hydrogens (tertiary/aromatic N) is 5. The zero-order chi connectivity index (χ0) is 19.0. The van der Waals surface area contributed by atoms with E-state index in [0.29, 0.717) is 23.9 Å². The van der Waals surface area contributed by atoms with Gasteiger partial charge in [-0.2, -0.15) is 0 Å². The average molecular weight is 371 g/mol. The van der Waals surface area contributed by atoms with E-state index in [1.165, 1.54) is 6.33 Å². The molecular formula is C20H29N5O2. The van der Waals surface area contributed by atoms with E-state index in [0.717, 1.165) is 64.1 Å². The first-order chi connectivity index (χ1) is 13.0. The highest BCUT2D eigenvalue weighted by Gasteiger charge is 2.44. The smallest absolute Gasteiger partial charge is 0.257 e. The van der Waals surface area contributed by atoms with Crippen LogP contribution >= 0.6 is 0 Å². The third kappa shape index (κ3) is 3.57. The first kappa shape index (κ1) is 18.3. The van der Waals surface area contributed by atoms with Crippen molar-refractivity contribution in [1.82, 2.24) is 24.7 Å². The largest absolute Gasteiger partial charge is 0.339 e. The molecule has 3 aliphatic rings. The lowest BCUT2D eigenvalue weighted by atomic mass is 9.72. The number of carbonyl (C=O) groups is 2. The highest BCUT2D eigenvalue weighted by atomic mass is 16.2. The van der Waals surface area contributed by atoms with E-state index in [4.69, 9.17) is 0 Å². The first-order valence-corrected chi connectivity index (χ1v) is 10.0. The van der Waals surface area contributed by atoms with Crippen molar-refractivity contribution in [2.24, 2.45) is 5.41 Å². The Morgan fingerprint density at radius 2 is 2.00 bits per heavy atom. The van der Waals surface area contributed by atoms with Crippen LogP contribution in [0.15, 0.2) is 12.5 Å². The monoisotopic (exact) mass is 371 g/mol. The molecule has 0 bridgehead atoms. The van der Waals surface area contributed by atoms with Gasteiger partial charge in [-0.3, -0.25) is 9.59 Å². The molecule has 0 N–H and O–H groups in total. The minimum absolute atomic E-state index is 0.0316. The number of hydrogen-bond acceptors (Lipinski definition) is 5. The summed E-state index contributed by atoms with van der Waals surface area (Å²) in [6, 6.07) is 0.364. The first-order valence-electron chi connectivity index (χ1n) is 10.0. The van der Waals surface area contributed by atoms with Gasteiger partial charge in [0.15, 0.2) is 0 Å². The van der Waals surface area contributed by atoms with Crippen LogP contribution in [-0.4, -0.2) is 82.3 Å². The van der Waals surface area contributed by atoms with E-state index in [2.05, 4.69) is 26.8 Å². The molecule has 4 rings (SSSR count). The van der Waals surface area contributed by atoms with Crippen LogP contribution < -0.4 is 0 Å². The Balaban J connectivity index is 1.41. The van der Waals surface area contributed by atoms with Crippen molar-refractivity contribution in [3.63, 3.8) is 0 Å². The maximum atomic E-state index is 12.8. The number of likely N-dealkylation sites (N-methyl/N-ethyl adjacent to an activating group) is 1. The number of aryl methyl sites for hydroxylation is 1. The third-order valence-corrected chi connectivity index (χ3v) is 6.76. The molecule has 1 aromatic heterocycles. The Hall–Kier alpha value is -2.02. The molecule has 3 fully saturated rings. The predicted octanol–water partition coefficient (Wildman–Crippen LogP) is 1.33. The molecule has 1 aromatic rings. The second-order valence-corrected chi connectivity index (χ2v) is 8.54. The molecule has 2 amide bonds. The number of amides is 2. The summed E-state index contributed by atoms with van der Waals surface area (Å²) in [5.74, 6) is 0.348. The fraction of sp³-hybridized carbons (Fsp3) is 0.700. The predicted molar refractivity (Wildman–Crippen MR) is 101 cm³/mol. The van der Waals surface area contributed by atoms with E-state index >= 15 is 0 Å². The summed E-state index contributed by atoms with van der Waals surface area (Å²) in [4.78, 5) is 39.9. The molecule has 0 aliphatic carbocycles. The molecule has 4 heterocycles. The van der Waals surface area contributed by atoms with Gasteiger partial charge in [0.25, 0.3) is 5.91 Å². The second kappa shape index (κ2) is 7.19. The Kier molecular flexibility index (Phi) is 4.88. The molecule has 7 heteroatoms. The zero-order valence-electron chi connectivity index (χ0n) is 16.4. The van der Waals surface area contributed by atoms with Crippen molar-refractivity contribution < 1.29 is 9.59 Å². The fourth-order valence-electron chi connectivity index (χ4n) is 4.91. The molecule has 0 unspecified atom stereocenters. The van der Waals surface area contributed by atoms with Crippen LogP contribution in [0.4, 0.5) is 0 Å². The molecule has 1 spiro atoms. The molecule has 3 saturated heterocycles. The van der Waals surface area contributed by atoms with E-state index < -0.39 is 0 Å². The van der Waals surface area contributed by atoms with Gasteiger partial charge in [-0.05, 0) is 51.6 Å². The lowest BCUT2D eigenvalue weighted by Gasteiger charge is -2.49. The molecule has 27 heavy (non-hydrogen) atoms. The van der Waals surface area contributed by atoms with Crippen LogP contribution in [0.3, 0.4) is 0 Å². The van der Waals surface area contributed by atoms with Crippen LogP contribution in [0.2, 0.25) is 0 Å². The van der Waals surface area contributed by atoms with Gasteiger partial charge in [0.2, 0.25) is 5.91 Å². The summed E-state index contributed by atoms with van der Waals surface area (Å²) >= 11 is 0. The summed E-state index contributed by atoms with van der Waals surface area (Å²) in [7, 11) is 2.13. The molecule has 1 atom stereocenters. The van der Waals surface area contributed by atoms with Crippen molar-refractivity contribution in [3.05, 3.63) is 23.8 Å². The molecule has 0 radical (unpaired) electrons. The Bertz CT molecular complexity index is 729. The van der Waals surface area contributed by atoms with Gasteiger partial charge in [0.05, 0.1) is 11.3 Å². The lowest BCUT2D eigenvalue weighted by Crippen LogP contribution is -2.55. The average Bonchev–Trinajstić information content (AvgIpc) is 3.11. The highest BCUT2D eigenvalue weighted by molar-refractivity contribution is 5.95. The van der Waals surface area contributed by atoms with Crippen LogP contribution in [-0.2, 0) is 4.79 Å². The van der Waals surface area contributed by atoms with E-state index in [1.54, 1.807) is 6.20 Å². The minimum Gasteiger partial charge on any atom is -0.339 e. The number of piperidine rings is 2. The van der Waals surface area contributed by atoms with Crippen molar-refractivity contribution in [2.75, 3.05) is 39.8 Å². The van der Waals surface area contributed by atoms with Crippen molar-refractivity contribution in [3.8, 4) is 0 Å². The quantitative estimate of drug-likeness (QED) is 0.785. The molecule has 3 aliphatic heterocycles. The van der Waals surface area contributed by atoms with Gasteiger partial charge in [-0.25, -0.2) is 9.97 Å². The van der Waals surface area contributed by atoms with Crippen LogP contribution in [0.1, 0.15) is 48.2 Å². The number of likely N-dealkylation sites (tertiary alicyclic amines) is 3. The van der Waals surface area contributed by atoms with E-state index in [1.807, 2.05) is 11.8 Å². The standard InChI is InChI=1S/C20H29N5O2/c1-15-17(11-21-14-22-15)19(27)24-9-6-20(7-10-24)5-3-18(26)25(13-20)16-4-8-23(2)12-16/h11,14,16H,3-10,12-13H2,1-2H3/t16-/m1/s1. The van der Waals surface area contributed by atoms with Crippen LogP contribution in [0, 0.1) is 12.3 Å². The molecule has 146 valence electrons. The second-order valence-electron chi connectivity index (χ2n) is 8.54. The Morgan fingerprint density at radius 3 is 2.67 bits per heavy atom. The summed E-state index contributed by atoms with van der Waals surface area (Å²) < 4.78 is 0. The third-order valence-electron chi connectivity index (χ3n) is 6.76. The Morgan fingerprint density at radius 1 is 1.22 bits per heavy atom. The van der Waals surface area contributed by atoms with E-state index in [-0.39, 0.29) is 11.3 Å². The number of aromatic nitrogens is 2. The molecular weight excluding hydrogens is 342 g/mol. The molecule has 7 nitrogen and oxygen atoms in total. The van der Waals surface area contributed by atoms with Crippen molar-refractivity contribution in [1.29, 1.82) is 0 Å². The summed E-state index contributed by atoms with van der Waals surface area (Å²) in [5.41, 5.74) is 1.51. The number of hydrogen-bond donors (Lipinski definition) is 0. The molecule has 0 saturated carbocycles. The van der Waals surface area contributed by atoms with Crippen LogP contribution in [0.25, 0.3) is 0 Å². The lowest BCUT2D eigenvalue weighted by molar-refractivity contribution is -0.141. The highest BCUT2D eigenvalue weighted by Crippen LogP contribution is 2.41. The van der Waals surface area contributed by atoms with Gasteiger partial charge in [0, 0.05) is 44.8 Å². The summed E-state index contributed by atoms with van der Waals surface area (Å²) in [5, 5.41) is 0. The van der Waals surface area contributed by atoms with Crippen molar-refractivity contribution in [2.45, 2.75) is 45.1 Å². The molecule has 0 aromatic carbocycles. The SMILES string of the molecule is Cc1ncncc1C(=O)N1CCC2(CCC(=O)N([C@@H]3CCN(C)C3)C2)CC1. The maximum absolute atomic E-state index is 12.8. The minimum atomic E-state index is 0.0316. The van der Waals surface area contributed by atoms with Crippen LogP contribution in [0.5, 0.6) is 0 Å². The van der Waals surface area contributed by atoms with Gasteiger partial charge < -0.3 is 14.7 Å². The van der Waals surface area contributed by atoms with Crippen molar-refractivity contribution >= 4 is 11.8 Å². The fourth-order valence-corrected chi connectivity index (χ4v) is 4.91. The summed E-state index contributed by atoms with van der Waals surface area (Å²) in [6.45, 7) is 6.27. The maximum Gasteiger partial charge on any atom is 0.257 e. The van der Waals surface area contributed by atoms with Gasteiger partial charge in [-0.1, -0.05) is 0 Å². The summed E-state index contributed by atoms with van der Waals surface area (Å²) in [6.07, 6.45) is 7.73. The van der Waals surface area contributed by atoms with Gasteiger partial charge >= 0.3 is 0 Å². The van der Waals surface area contributed by atoms with Gasteiger partial charge in [-0.15, -0.1) is 0 Å². The Labute approximate surface area is 160 Å². The zero-order valence-corrected chi connectivity index (χ0v) is 16.4. The topological polar surface area (TPSA) is 69.6 Å². The van der Waals surface area contributed by atoms with E-state index in [9.17, 15) is 9.59 Å². The number of carbonyl (C=O) groups excluding carboxylic acids is 2. The van der Waals surface area contributed by atoms with Gasteiger partial charge in [0.1, 0.15) is 6.33 Å². The normalized spacial score (nSPS) is 26.0. The number of rotatable bonds is 2.